The number of anilines is 1. The van der Waals surface area contributed by atoms with Gasteiger partial charge in [-0.15, -0.1) is 0 Å². The van der Waals surface area contributed by atoms with Gasteiger partial charge in [0.25, 0.3) is 0 Å². The molecule has 1 aromatic carbocycles. The van der Waals surface area contributed by atoms with Gasteiger partial charge in [-0.3, -0.25) is 4.79 Å². The number of carbonyl (C=O) groups excluding carboxylic acids is 1. The van der Waals surface area contributed by atoms with Crippen molar-refractivity contribution in [2.45, 2.75) is 31.7 Å². The summed E-state index contributed by atoms with van der Waals surface area (Å²) in [5, 5.41) is 2.55. The van der Waals surface area contributed by atoms with Crippen LogP contribution in [-0.4, -0.2) is 26.1 Å². The molecule has 0 spiro atoms. The van der Waals surface area contributed by atoms with Gasteiger partial charge in [0, 0.05) is 11.7 Å². The number of sulfone groups is 1. The molecule has 1 aromatic rings. The molecule has 18 heavy (non-hydrogen) atoms. The summed E-state index contributed by atoms with van der Waals surface area (Å²) in [6, 6.07) is 4.55. The fraction of sp³-hybridized carbons (Fsp3) is 0.417. The molecule has 3 N–H and O–H groups in total. The summed E-state index contributed by atoms with van der Waals surface area (Å²) in [4.78, 5) is 11.6. The summed E-state index contributed by atoms with van der Waals surface area (Å²) >= 11 is 0. The van der Waals surface area contributed by atoms with Crippen molar-refractivity contribution in [3.63, 3.8) is 0 Å². The molecular weight excluding hydrogens is 252 g/mol. The summed E-state index contributed by atoms with van der Waals surface area (Å²) in [5.74, 6) is -1.07. The van der Waals surface area contributed by atoms with E-state index in [0.717, 1.165) is 0 Å². The fourth-order valence-electron chi connectivity index (χ4n) is 1.57. The number of benzene rings is 1. The van der Waals surface area contributed by atoms with E-state index in [-0.39, 0.29) is 10.9 Å². The molecule has 100 valence electrons. The highest BCUT2D eigenvalue weighted by atomic mass is 32.2. The first-order valence-electron chi connectivity index (χ1n) is 5.60. The molecule has 1 rings (SSSR count). The second-order valence-corrected chi connectivity index (χ2v) is 6.46. The van der Waals surface area contributed by atoms with E-state index in [4.69, 9.17) is 5.73 Å². The van der Waals surface area contributed by atoms with E-state index in [2.05, 4.69) is 5.32 Å². The van der Waals surface area contributed by atoms with Crippen LogP contribution < -0.4 is 11.1 Å². The molecule has 1 amide bonds. The van der Waals surface area contributed by atoms with E-state index < -0.39 is 21.5 Å². The lowest BCUT2D eigenvalue weighted by Crippen LogP contribution is -2.35. The molecule has 0 saturated carbocycles. The Morgan fingerprint density at radius 3 is 2.56 bits per heavy atom. The van der Waals surface area contributed by atoms with Crippen LogP contribution in [0, 0.1) is 6.92 Å². The Hall–Kier alpha value is -1.56. The number of rotatable bonds is 4. The van der Waals surface area contributed by atoms with Gasteiger partial charge in [-0.25, -0.2) is 8.42 Å². The SMILES string of the molecule is Cc1ccc(N)cc1S(=O)(=O)CC(=O)NC(C)C. The van der Waals surface area contributed by atoms with Crippen LogP contribution in [0.5, 0.6) is 0 Å². The molecule has 0 saturated heterocycles. The van der Waals surface area contributed by atoms with Crippen molar-refractivity contribution in [2.24, 2.45) is 0 Å². The van der Waals surface area contributed by atoms with Crippen molar-refractivity contribution in [1.82, 2.24) is 5.32 Å². The Morgan fingerprint density at radius 2 is 2.00 bits per heavy atom. The second kappa shape index (κ2) is 5.39. The maximum absolute atomic E-state index is 12.1. The van der Waals surface area contributed by atoms with Gasteiger partial charge in [-0.2, -0.15) is 0 Å². The van der Waals surface area contributed by atoms with Crippen molar-refractivity contribution in [2.75, 3.05) is 11.5 Å². The van der Waals surface area contributed by atoms with Crippen LogP contribution in [0.1, 0.15) is 19.4 Å². The predicted octanol–water partition coefficient (Wildman–Crippen LogP) is 0.876. The standard InChI is InChI=1S/C12H18N2O3S/c1-8(2)14-12(15)7-18(16,17)11-6-10(13)5-4-9(11)3/h4-6,8H,7,13H2,1-3H3,(H,14,15). The Balaban J connectivity index is 3.00. The van der Waals surface area contributed by atoms with Crippen molar-refractivity contribution in [3.05, 3.63) is 23.8 Å². The van der Waals surface area contributed by atoms with E-state index in [0.29, 0.717) is 11.3 Å². The summed E-state index contributed by atoms with van der Waals surface area (Å²) in [5.41, 5.74) is 6.52. The first kappa shape index (κ1) is 14.5. The van der Waals surface area contributed by atoms with Crippen molar-refractivity contribution in [3.8, 4) is 0 Å². The highest BCUT2D eigenvalue weighted by Crippen LogP contribution is 2.19. The number of carbonyl (C=O) groups is 1. The number of hydrogen-bond donors (Lipinski definition) is 2. The monoisotopic (exact) mass is 270 g/mol. The van der Waals surface area contributed by atoms with Crippen molar-refractivity contribution >= 4 is 21.4 Å². The third-order valence-corrected chi connectivity index (χ3v) is 4.07. The van der Waals surface area contributed by atoms with Crippen molar-refractivity contribution in [1.29, 1.82) is 0 Å². The van der Waals surface area contributed by atoms with E-state index in [1.54, 1.807) is 32.9 Å². The molecule has 0 aliphatic heterocycles. The normalized spacial score (nSPS) is 11.6. The number of nitrogens with one attached hydrogen (secondary N) is 1. The van der Waals surface area contributed by atoms with Crippen LogP contribution >= 0.6 is 0 Å². The first-order chi connectivity index (χ1) is 8.22. The summed E-state index contributed by atoms with van der Waals surface area (Å²) in [6.07, 6.45) is 0. The van der Waals surface area contributed by atoms with E-state index >= 15 is 0 Å². The maximum atomic E-state index is 12.1. The number of nitrogens with two attached hydrogens (primary N) is 1. The average molecular weight is 270 g/mol. The lowest BCUT2D eigenvalue weighted by Gasteiger charge is -2.10. The molecule has 0 fully saturated rings. The zero-order valence-corrected chi connectivity index (χ0v) is 11.5. The number of amides is 1. The smallest absolute Gasteiger partial charge is 0.235 e. The molecule has 0 aromatic heterocycles. The molecule has 0 heterocycles. The molecule has 0 aliphatic rings. The van der Waals surface area contributed by atoms with E-state index in [1.807, 2.05) is 0 Å². The highest BCUT2D eigenvalue weighted by molar-refractivity contribution is 7.92. The minimum Gasteiger partial charge on any atom is -0.399 e. The van der Waals surface area contributed by atoms with Gasteiger partial charge >= 0.3 is 0 Å². The molecule has 0 bridgehead atoms. The minimum absolute atomic E-state index is 0.0883. The summed E-state index contributed by atoms with van der Waals surface area (Å²) < 4.78 is 24.2. The Bertz CT molecular complexity index is 550. The lowest BCUT2D eigenvalue weighted by atomic mass is 10.2. The van der Waals surface area contributed by atoms with Gasteiger partial charge in [0.2, 0.25) is 5.91 Å². The third kappa shape index (κ3) is 3.73. The molecular formula is C12H18N2O3S. The third-order valence-electron chi connectivity index (χ3n) is 2.32. The molecule has 0 radical (unpaired) electrons. The van der Waals surface area contributed by atoms with Gasteiger partial charge in [-0.05, 0) is 38.5 Å². The minimum atomic E-state index is -3.65. The van der Waals surface area contributed by atoms with Crippen LogP contribution in [0.4, 0.5) is 5.69 Å². The van der Waals surface area contributed by atoms with Gasteiger partial charge in [0.15, 0.2) is 9.84 Å². The van der Waals surface area contributed by atoms with Crippen LogP contribution in [-0.2, 0) is 14.6 Å². The lowest BCUT2D eigenvalue weighted by molar-refractivity contribution is -0.119. The molecule has 5 nitrogen and oxygen atoms in total. The van der Waals surface area contributed by atoms with Crippen LogP contribution in [0.25, 0.3) is 0 Å². The quantitative estimate of drug-likeness (QED) is 0.795. The van der Waals surface area contributed by atoms with Gasteiger partial charge in [-0.1, -0.05) is 6.07 Å². The Morgan fingerprint density at radius 1 is 1.39 bits per heavy atom. The van der Waals surface area contributed by atoms with Gasteiger partial charge in [0.05, 0.1) is 4.90 Å². The highest BCUT2D eigenvalue weighted by Gasteiger charge is 2.21. The molecule has 0 unspecified atom stereocenters. The zero-order valence-electron chi connectivity index (χ0n) is 10.7. The molecule has 0 atom stereocenters. The van der Waals surface area contributed by atoms with E-state index in [9.17, 15) is 13.2 Å². The topological polar surface area (TPSA) is 89.3 Å². The number of hydrogen-bond acceptors (Lipinski definition) is 4. The van der Waals surface area contributed by atoms with Gasteiger partial charge in [0.1, 0.15) is 5.75 Å². The average Bonchev–Trinajstić information content (AvgIpc) is 2.19. The van der Waals surface area contributed by atoms with E-state index in [1.165, 1.54) is 6.07 Å². The van der Waals surface area contributed by atoms with Gasteiger partial charge < -0.3 is 11.1 Å². The first-order valence-corrected chi connectivity index (χ1v) is 7.26. The summed E-state index contributed by atoms with van der Waals surface area (Å²) in [6.45, 7) is 5.22. The Kier molecular flexibility index (Phi) is 4.34. The number of aryl methyl sites for hydroxylation is 1. The fourth-order valence-corrected chi connectivity index (χ4v) is 3.02. The zero-order chi connectivity index (χ0) is 13.9. The molecule has 6 heteroatoms. The second-order valence-electron chi connectivity index (χ2n) is 4.51. The summed E-state index contributed by atoms with van der Waals surface area (Å²) in [7, 11) is -3.65. The van der Waals surface area contributed by atoms with Crippen molar-refractivity contribution < 1.29 is 13.2 Å². The van der Waals surface area contributed by atoms with Crippen LogP contribution in [0.15, 0.2) is 23.1 Å². The predicted molar refractivity (Wildman–Crippen MR) is 70.9 cm³/mol. The number of nitrogen functional groups attached to an aromatic ring is 1. The molecule has 0 aliphatic carbocycles. The van der Waals surface area contributed by atoms with Crippen LogP contribution in [0.2, 0.25) is 0 Å². The Labute approximate surface area is 107 Å². The van der Waals surface area contributed by atoms with Crippen LogP contribution in [0.3, 0.4) is 0 Å². The maximum Gasteiger partial charge on any atom is 0.235 e. The largest absolute Gasteiger partial charge is 0.399 e.